The van der Waals surface area contributed by atoms with E-state index in [1.54, 1.807) is 0 Å². The molecule has 0 spiro atoms. The van der Waals surface area contributed by atoms with Crippen LogP contribution < -0.4 is 10.6 Å². The molecule has 112 valence electrons. The summed E-state index contributed by atoms with van der Waals surface area (Å²) in [6.45, 7) is 8.01. The Morgan fingerprint density at radius 3 is 2.30 bits per heavy atom. The molecule has 1 aliphatic heterocycles. The van der Waals surface area contributed by atoms with Gasteiger partial charge in [0.1, 0.15) is 0 Å². The van der Waals surface area contributed by atoms with Gasteiger partial charge in [0.25, 0.3) is 0 Å². The summed E-state index contributed by atoms with van der Waals surface area (Å²) < 4.78 is 0. The van der Waals surface area contributed by atoms with Crippen LogP contribution in [0, 0.1) is 0 Å². The quantitative estimate of drug-likeness (QED) is 0.896. The van der Waals surface area contributed by atoms with Gasteiger partial charge in [0.15, 0.2) is 0 Å². The molecule has 1 atom stereocenters. The van der Waals surface area contributed by atoms with E-state index in [0.29, 0.717) is 6.04 Å². The van der Waals surface area contributed by atoms with Crippen molar-refractivity contribution in [1.82, 2.24) is 4.90 Å². The average molecular weight is 275 g/mol. The SMILES string of the molecule is CC[C@H](N)c1ccc(N(C)C2CCN(CC)CC2)cc1. The van der Waals surface area contributed by atoms with Crippen molar-refractivity contribution in [2.24, 2.45) is 5.73 Å². The Balaban J connectivity index is 1.97. The maximum Gasteiger partial charge on any atom is 0.0366 e. The van der Waals surface area contributed by atoms with Gasteiger partial charge >= 0.3 is 0 Å². The number of nitrogens with zero attached hydrogens (tertiary/aromatic N) is 2. The molecular weight excluding hydrogens is 246 g/mol. The van der Waals surface area contributed by atoms with Crippen LogP contribution in [0.4, 0.5) is 5.69 Å². The molecule has 0 unspecified atom stereocenters. The second-order valence-electron chi connectivity index (χ2n) is 5.88. The summed E-state index contributed by atoms with van der Waals surface area (Å²) in [6, 6.07) is 9.64. The lowest BCUT2D eigenvalue weighted by Crippen LogP contribution is -2.43. The Morgan fingerprint density at radius 2 is 1.80 bits per heavy atom. The Bertz CT molecular complexity index is 393. The summed E-state index contributed by atoms with van der Waals surface area (Å²) in [7, 11) is 2.22. The van der Waals surface area contributed by atoms with E-state index in [0.717, 1.165) is 6.42 Å². The fraction of sp³-hybridized carbons (Fsp3) is 0.647. The molecule has 1 aromatic carbocycles. The maximum atomic E-state index is 6.07. The smallest absolute Gasteiger partial charge is 0.0366 e. The zero-order valence-corrected chi connectivity index (χ0v) is 13.2. The van der Waals surface area contributed by atoms with Gasteiger partial charge in [-0.05, 0) is 43.5 Å². The van der Waals surface area contributed by atoms with Crippen LogP contribution in [-0.4, -0.2) is 37.6 Å². The van der Waals surface area contributed by atoms with Crippen LogP contribution in [0.5, 0.6) is 0 Å². The van der Waals surface area contributed by atoms with Crippen LogP contribution in [0.25, 0.3) is 0 Å². The fourth-order valence-electron chi connectivity index (χ4n) is 3.03. The third-order valence-corrected chi connectivity index (χ3v) is 4.72. The molecule has 3 heteroatoms. The van der Waals surface area contributed by atoms with Gasteiger partial charge in [-0.25, -0.2) is 0 Å². The van der Waals surface area contributed by atoms with Crippen molar-refractivity contribution in [3.05, 3.63) is 29.8 Å². The third kappa shape index (κ3) is 3.53. The molecule has 2 rings (SSSR count). The predicted octanol–water partition coefficient (Wildman–Crippen LogP) is 3.02. The molecule has 0 aromatic heterocycles. The first-order chi connectivity index (χ1) is 9.65. The van der Waals surface area contributed by atoms with Crippen LogP contribution in [0.15, 0.2) is 24.3 Å². The third-order valence-electron chi connectivity index (χ3n) is 4.72. The van der Waals surface area contributed by atoms with Crippen molar-refractivity contribution in [1.29, 1.82) is 0 Å². The summed E-state index contributed by atoms with van der Waals surface area (Å²) in [4.78, 5) is 4.97. The zero-order valence-electron chi connectivity index (χ0n) is 13.2. The van der Waals surface area contributed by atoms with E-state index >= 15 is 0 Å². The van der Waals surface area contributed by atoms with Crippen molar-refractivity contribution in [3.8, 4) is 0 Å². The van der Waals surface area contributed by atoms with Gasteiger partial charge in [-0.1, -0.05) is 26.0 Å². The average Bonchev–Trinajstić information content (AvgIpc) is 2.53. The topological polar surface area (TPSA) is 32.5 Å². The molecule has 0 saturated carbocycles. The maximum absolute atomic E-state index is 6.07. The highest BCUT2D eigenvalue weighted by Crippen LogP contribution is 2.24. The normalized spacial score (nSPS) is 19.0. The minimum atomic E-state index is 0.169. The lowest BCUT2D eigenvalue weighted by Gasteiger charge is -2.37. The van der Waals surface area contributed by atoms with Crippen LogP contribution in [0.1, 0.15) is 44.7 Å². The summed E-state index contributed by atoms with van der Waals surface area (Å²) in [5.41, 5.74) is 8.63. The second-order valence-corrected chi connectivity index (χ2v) is 5.88. The van der Waals surface area contributed by atoms with E-state index < -0.39 is 0 Å². The molecule has 3 nitrogen and oxygen atoms in total. The van der Waals surface area contributed by atoms with E-state index in [2.05, 4.69) is 55.0 Å². The van der Waals surface area contributed by atoms with E-state index in [1.807, 2.05) is 0 Å². The van der Waals surface area contributed by atoms with Crippen LogP contribution in [-0.2, 0) is 0 Å². The summed E-state index contributed by atoms with van der Waals surface area (Å²) >= 11 is 0. The van der Waals surface area contributed by atoms with Gasteiger partial charge in [0.05, 0.1) is 0 Å². The van der Waals surface area contributed by atoms with E-state index in [1.165, 1.54) is 43.7 Å². The summed E-state index contributed by atoms with van der Waals surface area (Å²) in [5, 5.41) is 0. The molecule has 1 aliphatic rings. The number of hydrogen-bond acceptors (Lipinski definition) is 3. The first-order valence-electron chi connectivity index (χ1n) is 7.96. The number of benzene rings is 1. The first kappa shape index (κ1) is 15.3. The second kappa shape index (κ2) is 7.09. The summed E-state index contributed by atoms with van der Waals surface area (Å²) in [5.74, 6) is 0. The van der Waals surface area contributed by atoms with Gasteiger partial charge in [0, 0.05) is 37.9 Å². The molecule has 0 aliphatic carbocycles. The molecule has 0 radical (unpaired) electrons. The van der Waals surface area contributed by atoms with Crippen molar-refractivity contribution in [3.63, 3.8) is 0 Å². The number of nitrogens with two attached hydrogens (primary N) is 1. The fourth-order valence-corrected chi connectivity index (χ4v) is 3.03. The van der Waals surface area contributed by atoms with E-state index in [9.17, 15) is 0 Å². The molecule has 2 N–H and O–H groups in total. The molecule has 20 heavy (non-hydrogen) atoms. The minimum absolute atomic E-state index is 0.169. The van der Waals surface area contributed by atoms with Crippen LogP contribution >= 0.6 is 0 Å². The lowest BCUT2D eigenvalue weighted by atomic mass is 10.0. The van der Waals surface area contributed by atoms with Gasteiger partial charge in [-0.15, -0.1) is 0 Å². The molecular formula is C17H29N3. The zero-order chi connectivity index (χ0) is 14.5. The van der Waals surface area contributed by atoms with Crippen molar-refractivity contribution in [2.45, 2.75) is 45.2 Å². The van der Waals surface area contributed by atoms with Gasteiger partial charge < -0.3 is 15.5 Å². The highest BCUT2D eigenvalue weighted by Gasteiger charge is 2.21. The Hall–Kier alpha value is -1.06. The number of hydrogen-bond donors (Lipinski definition) is 1. The molecule has 1 heterocycles. The summed E-state index contributed by atoms with van der Waals surface area (Å²) in [6.07, 6.45) is 3.52. The largest absolute Gasteiger partial charge is 0.372 e. The van der Waals surface area contributed by atoms with Gasteiger partial charge in [-0.2, -0.15) is 0 Å². The lowest BCUT2D eigenvalue weighted by molar-refractivity contribution is 0.221. The Labute approximate surface area is 123 Å². The number of piperidine rings is 1. The number of likely N-dealkylation sites (tertiary alicyclic amines) is 1. The van der Waals surface area contributed by atoms with Crippen molar-refractivity contribution < 1.29 is 0 Å². The van der Waals surface area contributed by atoms with E-state index in [4.69, 9.17) is 5.73 Å². The van der Waals surface area contributed by atoms with Crippen molar-refractivity contribution >= 4 is 5.69 Å². The highest BCUT2D eigenvalue weighted by molar-refractivity contribution is 5.48. The first-order valence-corrected chi connectivity index (χ1v) is 7.96. The van der Waals surface area contributed by atoms with E-state index in [-0.39, 0.29) is 6.04 Å². The van der Waals surface area contributed by atoms with Gasteiger partial charge in [0.2, 0.25) is 0 Å². The molecule has 0 bridgehead atoms. The number of rotatable bonds is 5. The standard InChI is InChI=1S/C17H29N3/c1-4-17(18)14-6-8-15(9-7-14)19(3)16-10-12-20(5-2)13-11-16/h6-9,16-17H,4-5,10-13,18H2,1-3H3/t17-/m0/s1. The van der Waals surface area contributed by atoms with Gasteiger partial charge in [-0.3, -0.25) is 0 Å². The number of anilines is 1. The molecule has 0 amide bonds. The minimum Gasteiger partial charge on any atom is -0.372 e. The van der Waals surface area contributed by atoms with Crippen LogP contribution in [0.3, 0.4) is 0 Å². The molecule has 1 fully saturated rings. The Morgan fingerprint density at radius 1 is 1.20 bits per heavy atom. The molecule has 1 saturated heterocycles. The predicted molar refractivity (Wildman–Crippen MR) is 87.2 cm³/mol. The van der Waals surface area contributed by atoms with Crippen LogP contribution in [0.2, 0.25) is 0 Å². The Kier molecular flexibility index (Phi) is 5.44. The monoisotopic (exact) mass is 275 g/mol. The molecule has 1 aromatic rings. The van der Waals surface area contributed by atoms with Crippen molar-refractivity contribution in [2.75, 3.05) is 31.6 Å². The highest BCUT2D eigenvalue weighted by atomic mass is 15.2.